The van der Waals surface area contributed by atoms with Crippen molar-refractivity contribution < 1.29 is 9.59 Å². The van der Waals surface area contributed by atoms with E-state index in [9.17, 15) is 9.59 Å². The molecule has 0 amide bonds. The molecule has 0 unspecified atom stereocenters. The van der Waals surface area contributed by atoms with E-state index >= 15 is 0 Å². The third-order valence-corrected chi connectivity index (χ3v) is 2.56. The minimum Gasteiger partial charge on any atom is -0.281 e. The molecule has 16 heavy (non-hydrogen) atoms. The summed E-state index contributed by atoms with van der Waals surface area (Å²) >= 11 is 10.4. The van der Waals surface area contributed by atoms with Crippen LogP contribution in [0.4, 0.5) is 0 Å². The van der Waals surface area contributed by atoms with Crippen LogP contribution in [0.2, 0.25) is 0 Å². The average molecular weight is 265 g/mol. The van der Waals surface area contributed by atoms with Crippen molar-refractivity contribution in [3.63, 3.8) is 0 Å². The Balaban J connectivity index is 3.10. The molecule has 0 spiro atoms. The Kier molecular flexibility index (Phi) is 10.9. The van der Waals surface area contributed by atoms with Crippen LogP contribution in [0.5, 0.6) is 0 Å². The molecule has 0 fully saturated rings. The van der Waals surface area contributed by atoms with Crippen LogP contribution in [0.15, 0.2) is 12.2 Å². The quantitative estimate of drug-likeness (QED) is 0.337. The van der Waals surface area contributed by atoms with Gasteiger partial charge in [0, 0.05) is 6.42 Å². The molecule has 0 rings (SSSR count). The van der Waals surface area contributed by atoms with Crippen LogP contribution in [-0.4, -0.2) is 10.5 Å². The SMILES string of the molecule is O=C(Cl)/C=C/CCCCCCCCC(=O)Cl. The number of hydrogen-bond acceptors (Lipinski definition) is 2. The number of rotatable bonds is 10. The lowest BCUT2D eigenvalue weighted by molar-refractivity contribution is -0.111. The summed E-state index contributed by atoms with van der Waals surface area (Å²) in [4.78, 5) is 20.8. The second-order valence-electron chi connectivity index (χ2n) is 3.72. The fourth-order valence-electron chi connectivity index (χ4n) is 1.41. The van der Waals surface area contributed by atoms with Crippen molar-refractivity contribution in [1.29, 1.82) is 0 Å². The molecule has 0 atom stereocenters. The van der Waals surface area contributed by atoms with Gasteiger partial charge in [0.1, 0.15) is 0 Å². The van der Waals surface area contributed by atoms with E-state index in [-0.39, 0.29) is 5.24 Å². The third kappa shape index (κ3) is 13.7. The zero-order chi connectivity index (χ0) is 12.2. The molecule has 0 aromatic heterocycles. The lowest BCUT2D eigenvalue weighted by atomic mass is 10.1. The third-order valence-electron chi connectivity index (χ3n) is 2.24. The van der Waals surface area contributed by atoms with Gasteiger partial charge in [0.05, 0.1) is 0 Å². The summed E-state index contributed by atoms with van der Waals surface area (Å²) in [6.45, 7) is 0. The van der Waals surface area contributed by atoms with Crippen molar-refractivity contribution >= 4 is 33.7 Å². The van der Waals surface area contributed by atoms with Gasteiger partial charge in [-0.05, 0) is 48.5 Å². The van der Waals surface area contributed by atoms with Crippen molar-refractivity contribution in [2.24, 2.45) is 0 Å². The summed E-state index contributed by atoms with van der Waals surface area (Å²) in [6.07, 6.45) is 11.1. The molecule has 2 nitrogen and oxygen atoms in total. The smallest absolute Gasteiger partial charge is 0.244 e. The van der Waals surface area contributed by atoms with Gasteiger partial charge in [-0.1, -0.05) is 31.8 Å². The minimum atomic E-state index is -0.411. The average Bonchev–Trinajstić information content (AvgIpc) is 2.20. The number of allylic oxidation sites excluding steroid dienone is 2. The van der Waals surface area contributed by atoms with Gasteiger partial charge < -0.3 is 0 Å². The van der Waals surface area contributed by atoms with Gasteiger partial charge in [0.15, 0.2) is 0 Å². The van der Waals surface area contributed by atoms with E-state index in [1.54, 1.807) is 0 Å². The number of unbranched alkanes of at least 4 members (excludes halogenated alkanes) is 6. The van der Waals surface area contributed by atoms with E-state index in [2.05, 4.69) is 0 Å². The van der Waals surface area contributed by atoms with Crippen molar-refractivity contribution in [3.8, 4) is 0 Å². The maximum absolute atomic E-state index is 10.4. The molecule has 0 aromatic carbocycles. The predicted molar refractivity (Wildman–Crippen MR) is 67.8 cm³/mol. The zero-order valence-corrected chi connectivity index (χ0v) is 10.9. The van der Waals surface area contributed by atoms with Crippen LogP contribution in [0.1, 0.15) is 51.4 Å². The Labute approximate surface area is 107 Å². The maximum Gasteiger partial charge on any atom is 0.244 e. The summed E-state index contributed by atoms with van der Waals surface area (Å²) in [7, 11) is 0. The molecular formula is C12H18Cl2O2. The molecule has 0 saturated carbocycles. The molecule has 0 saturated heterocycles. The summed E-state index contributed by atoms with van der Waals surface area (Å²) in [5, 5.41) is -0.651. The van der Waals surface area contributed by atoms with Gasteiger partial charge in [-0.25, -0.2) is 0 Å². The molecule has 4 heteroatoms. The summed E-state index contributed by atoms with van der Waals surface area (Å²) in [5.41, 5.74) is 0. The highest BCUT2D eigenvalue weighted by Gasteiger charge is 1.95. The highest BCUT2D eigenvalue weighted by Crippen LogP contribution is 2.09. The van der Waals surface area contributed by atoms with E-state index in [1.807, 2.05) is 6.08 Å². The van der Waals surface area contributed by atoms with Crippen molar-refractivity contribution in [2.45, 2.75) is 51.4 Å². The van der Waals surface area contributed by atoms with Crippen LogP contribution >= 0.6 is 23.2 Å². The van der Waals surface area contributed by atoms with Crippen LogP contribution in [0.3, 0.4) is 0 Å². The largest absolute Gasteiger partial charge is 0.281 e. The first-order valence-corrected chi connectivity index (χ1v) is 6.43. The molecular weight excluding hydrogens is 247 g/mol. The van der Waals surface area contributed by atoms with Gasteiger partial charge in [-0.3, -0.25) is 9.59 Å². The minimum absolute atomic E-state index is 0.240. The van der Waals surface area contributed by atoms with Crippen molar-refractivity contribution in [3.05, 3.63) is 12.2 Å². The second-order valence-corrected chi connectivity index (χ2v) is 4.52. The number of carbonyl (C=O) groups excluding carboxylic acids is 2. The van der Waals surface area contributed by atoms with E-state index in [1.165, 1.54) is 12.5 Å². The Bertz CT molecular complexity index is 237. The van der Waals surface area contributed by atoms with Gasteiger partial charge >= 0.3 is 0 Å². The predicted octanol–water partition coefficient (Wildman–Crippen LogP) is 4.19. The second kappa shape index (κ2) is 11.2. The molecule has 0 radical (unpaired) electrons. The molecule has 0 heterocycles. The molecule has 0 bridgehead atoms. The van der Waals surface area contributed by atoms with Crippen LogP contribution in [0.25, 0.3) is 0 Å². The number of halogens is 2. The number of carbonyl (C=O) groups is 2. The lowest BCUT2D eigenvalue weighted by Crippen LogP contribution is -1.86. The van der Waals surface area contributed by atoms with E-state index in [0.717, 1.165) is 38.5 Å². The molecule has 0 N–H and O–H groups in total. The maximum atomic E-state index is 10.4. The van der Waals surface area contributed by atoms with E-state index in [4.69, 9.17) is 23.2 Å². The van der Waals surface area contributed by atoms with Gasteiger partial charge in [0.25, 0.3) is 0 Å². The van der Waals surface area contributed by atoms with E-state index in [0.29, 0.717) is 6.42 Å². The standard InChI is InChI=1S/C12H18Cl2O2/c13-11(15)9-7-5-3-1-2-4-6-8-10-12(14)16/h7,9H,1-6,8,10H2/b9-7+. The summed E-state index contributed by atoms with van der Waals surface area (Å²) in [6, 6.07) is 0. The molecule has 0 aliphatic carbocycles. The number of hydrogen-bond donors (Lipinski definition) is 0. The van der Waals surface area contributed by atoms with E-state index < -0.39 is 5.24 Å². The first kappa shape index (κ1) is 15.7. The van der Waals surface area contributed by atoms with Crippen LogP contribution in [-0.2, 0) is 9.59 Å². The highest BCUT2D eigenvalue weighted by atomic mass is 35.5. The highest BCUT2D eigenvalue weighted by molar-refractivity contribution is 6.66. The van der Waals surface area contributed by atoms with Gasteiger partial charge in [0.2, 0.25) is 10.5 Å². The van der Waals surface area contributed by atoms with Gasteiger partial charge in [-0.15, -0.1) is 0 Å². The molecule has 0 aliphatic rings. The van der Waals surface area contributed by atoms with Crippen molar-refractivity contribution in [1.82, 2.24) is 0 Å². The lowest BCUT2D eigenvalue weighted by Gasteiger charge is -1.98. The van der Waals surface area contributed by atoms with Gasteiger partial charge in [-0.2, -0.15) is 0 Å². The zero-order valence-electron chi connectivity index (χ0n) is 9.38. The molecule has 0 aliphatic heterocycles. The van der Waals surface area contributed by atoms with Crippen LogP contribution < -0.4 is 0 Å². The first-order chi connectivity index (χ1) is 7.63. The topological polar surface area (TPSA) is 34.1 Å². The Morgan fingerprint density at radius 1 is 0.875 bits per heavy atom. The fourth-order valence-corrected chi connectivity index (χ4v) is 1.63. The fraction of sp³-hybridized carbons (Fsp3) is 0.667. The Morgan fingerprint density at radius 2 is 1.44 bits per heavy atom. The Morgan fingerprint density at radius 3 is 2.00 bits per heavy atom. The summed E-state index contributed by atoms with van der Waals surface area (Å²) in [5.74, 6) is 0. The Hall–Kier alpha value is -0.340. The van der Waals surface area contributed by atoms with Crippen molar-refractivity contribution in [2.75, 3.05) is 0 Å². The summed E-state index contributed by atoms with van der Waals surface area (Å²) < 4.78 is 0. The monoisotopic (exact) mass is 264 g/mol. The van der Waals surface area contributed by atoms with Crippen LogP contribution in [0, 0.1) is 0 Å². The first-order valence-electron chi connectivity index (χ1n) is 5.67. The molecule has 0 aromatic rings. The molecule has 92 valence electrons. The normalized spacial score (nSPS) is 10.9.